The minimum Gasteiger partial charge on any atom is -0.464 e. The van der Waals surface area contributed by atoms with E-state index in [9.17, 15) is 18.0 Å². The van der Waals surface area contributed by atoms with Crippen molar-refractivity contribution in [2.45, 2.75) is 17.7 Å². The summed E-state index contributed by atoms with van der Waals surface area (Å²) in [5.41, 5.74) is 1.17. The highest BCUT2D eigenvalue weighted by molar-refractivity contribution is 7.90. The van der Waals surface area contributed by atoms with E-state index in [1.807, 2.05) is 30.3 Å². The van der Waals surface area contributed by atoms with Crippen LogP contribution in [0.5, 0.6) is 0 Å². The Morgan fingerprint density at radius 1 is 1.00 bits per heavy atom. The van der Waals surface area contributed by atoms with Crippen LogP contribution in [0.4, 0.5) is 0 Å². The summed E-state index contributed by atoms with van der Waals surface area (Å²) in [4.78, 5) is 24.0. The first-order valence-electron chi connectivity index (χ1n) is 7.86. The van der Waals surface area contributed by atoms with Gasteiger partial charge in [0.2, 0.25) is 0 Å². The predicted molar refractivity (Wildman–Crippen MR) is 90.4 cm³/mol. The van der Waals surface area contributed by atoms with Gasteiger partial charge in [0.05, 0.1) is 12.1 Å². The van der Waals surface area contributed by atoms with Crippen LogP contribution in [-0.4, -0.2) is 37.8 Å². The number of amides is 1. The van der Waals surface area contributed by atoms with Crippen molar-refractivity contribution < 1.29 is 22.7 Å². The SMILES string of the molecule is O=C(CCc1ccccc1)OCCN1C(=O)c2ccccc2S1(=O)=O. The second kappa shape index (κ2) is 7.06. The zero-order chi connectivity index (χ0) is 17.9. The summed E-state index contributed by atoms with van der Waals surface area (Å²) in [6.07, 6.45) is 0.747. The molecule has 0 radical (unpaired) electrons. The molecular formula is C18H17NO5S. The lowest BCUT2D eigenvalue weighted by Crippen LogP contribution is -2.33. The molecule has 0 saturated carbocycles. The number of fused-ring (bicyclic) bond motifs is 1. The van der Waals surface area contributed by atoms with Crippen LogP contribution in [0.2, 0.25) is 0 Å². The van der Waals surface area contributed by atoms with Gasteiger partial charge >= 0.3 is 5.97 Å². The first kappa shape index (κ1) is 17.2. The molecule has 0 spiro atoms. The number of nitrogens with zero attached hydrogens (tertiary/aromatic N) is 1. The second-order valence-corrected chi connectivity index (χ2v) is 7.42. The molecule has 1 aliphatic heterocycles. The Kier molecular flexibility index (Phi) is 4.85. The Bertz CT molecular complexity index is 893. The molecule has 3 rings (SSSR count). The summed E-state index contributed by atoms with van der Waals surface area (Å²) in [6, 6.07) is 15.6. The highest BCUT2D eigenvalue weighted by Crippen LogP contribution is 2.29. The minimum absolute atomic E-state index is 0.00426. The number of carbonyl (C=O) groups is 2. The van der Waals surface area contributed by atoms with Crippen LogP contribution in [0.3, 0.4) is 0 Å². The molecule has 0 atom stereocenters. The molecule has 0 unspecified atom stereocenters. The van der Waals surface area contributed by atoms with Gasteiger partial charge in [-0.25, -0.2) is 12.7 Å². The number of sulfonamides is 1. The third-order valence-electron chi connectivity index (χ3n) is 3.93. The number of esters is 1. The van der Waals surface area contributed by atoms with E-state index >= 15 is 0 Å². The summed E-state index contributed by atoms with van der Waals surface area (Å²) in [5, 5.41) is 0. The number of carbonyl (C=O) groups excluding carboxylic acids is 2. The van der Waals surface area contributed by atoms with Crippen molar-refractivity contribution in [1.29, 1.82) is 0 Å². The van der Waals surface area contributed by atoms with E-state index in [4.69, 9.17) is 4.74 Å². The molecule has 25 heavy (non-hydrogen) atoms. The largest absolute Gasteiger partial charge is 0.464 e. The molecule has 0 saturated heterocycles. The zero-order valence-electron chi connectivity index (χ0n) is 13.4. The average Bonchev–Trinajstić information content (AvgIpc) is 2.82. The molecule has 0 aromatic heterocycles. The van der Waals surface area contributed by atoms with Crippen molar-refractivity contribution in [3.63, 3.8) is 0 Å². The summed E-state index contributed by atoms with van der Waals surface area (Å²) in [5.74, 6) is -1.01. The van der Waals surface area contributed by atoms with Gasteiger partial charge in [-0.1, -0.05) is 42.5 Å². The highest BCUT2D eigenvalue weighted by Gasteiger charge is 2.40. The molecule has 6 nitrogen and oxygen atoms in total. The number of benzene rings is 2. The molecular weight excluding hydrogens is 342 g/mol. The Balaban J connectivity index is 1.53. The third kappa shape index (κ3) is 3.56. The summed E-state index contributed by atoms with van der Waals surface area (Å²) in [6.45, 7) is -0.348. The van der Waals surface area contributed by atoms with Crippen molar-refractivity contribution in [3.8, 4) is 0 Å². The van der Waals surface area contributed by atoms with Gasteiger partial charge in [-0.05, 0) is 24.1 Å². The molecule has 1 amide bonds. The Labute approximate surface area is 146 Å². The quantitative estimate of drug-likeness (QED) is 0.737. The molecule has 2 aromatic carbocycles. The highest BCUT2D eigenvalue weighted by atomic mass is 32.2. The lowest BCUT2D eigenvalue weighted by molar-refractivity contribution is -0.143. The van der Waals surface area contributed by atoms with E-state index in [1.54, 1.807) is 12.1 Å². The summed E-state index contributed by atoms with van der Waals surface area (Å²) < 4.78 is 30.5. The molecule has 1 aliphatic rings. The number of ether oxygens (including phenoxy) is 1. The Morgan fingerprint density at radius 3 is 2.40 bits per heavy atom. The van der Waals surface area contributed by atoms with Gasteiger partial charge in [0.1, 0.15) is 11.5 Å². The van der Waals surface area contributed by atoms with Crippen molar-refractivity contribution in [2.24, 2.45) is 0 Å². The van der Waals surface area contributed by atoms with Gasteiger partial charge in [0.25, 0.3) is 15.9 Å². The second-order valence-electron chi connectivity index (χ2n) is 5.58. The Morgan fingerprint density at radius 2 is 1.68 bits per heavy atom. The van der Waals surface area contributed by atoms with Gasteiger partial charge in [0, 0.05) is 6.42 Å². The topological polar surface area (TPSA) is 80.8 Å². The lowest BCUT2D eigenvalue weighted by atomic mass is 10.1. The van der Waals surface area contributed by atoms with E-state index < -0.39 is 21.9 Å². The van der Waals surface area contributed by atoms with Crippen LogP contribution in [0.1, 0.15) is 22.3 Å². The minimum atomic E-state index is -3.86. The molecule has 7 heteroatoms. The van der Waals surface area contributed by atoms with Crippen LogP contribution in [0, 0.1) is 0 Å². The van der Waals surface area contributed by atoms with Crippen LogP contribution in [0.15, 0.2) is 59.5 Å². The first-order chi connectivity index (χ1) is 12.0. The van der Waals surface area contributed by atoms with Crippen molar-refractivity contribution >= 4 is 21.9 Å². The van der Waals surface area contributed by atoms with Crippen molar-refractivity contribution in [1.82, 2.24) is 4.31 Å². The van der Waals surface area contributed by atoms with Gasteiger partial charge in [-0.3, -0.25) is 9.59 Å². The fourth-order valence-corrected chi connectivity index (χ4v) is 4.21. The van der Waals surface area contributed by atoms with Crippen LogP contribution in [-0.2, 0) is 26.0 Å². The molecule has 0 aliphatic carbocycles. The number of aryl methyl sites for hydroxylation is 1. The molecule has 0 fully saturated rings. The first-order valence-corrected chi connectivity index (χ1v) is 9.30. The Hall–Kier alpha value is -2.67. The van der Waals surface area contributed by atoms with E-state index in [1.165, 1.54) is 12.1 Å². The van der Waals surface area contributed by atoms with Crippen molar-refractivity contribution in [3.05, 3.63) is 65.7 Å². The van der Waals surface area contributed by atoms with Gasteiger partial charge in [0.15, 0.2) is 0 Å². The molecule has 0 bridgehead atoms. The van der Waals surface area contributed by atoms with E-state index in [0.29, 0.717) is 6.42 Å². The van der Waals surface area contributed by atoms with Gasteiger partial charge in [-0.15, -0.1) is 0 Å². The number of hydrogen-bond donors (Lipinski definition) is 0. The van der Waals surface area contributed by atoms with Crippen LogP contribution < -0.4 is 0 Å². The monoisotopic (exact) mass is 359 g/mol. The van der Waals surface area contributed by atoms with Gasteiger partial charge in [-0.2, -0.15) is 0 Å². The van der Waals surface area contributed by atoms with E-state index in [2.05, 4.69) is 0 Å². The zero-order valence-corrected chi connectivity index (χ0v) is 14.2. The standard InChI is InChI=1S/C18H17NO5S/c20-17(11-10-14-6-2-1-3-7-14)24-13-12-19-18(21)15-8-4-5-9-16(15)25(19,22)23/h1-9H,10-13H2. The van der Waals surface area contributed by atoms with E-state index in [-0.39, 0.29) is 30.0 Å². The van der Waals surface area contributed by atoms with Crippen LogP contribution >= 0.6 is 0 Å². The van der Waals surface area contributed by atoms with Crippen LogP contribution in [0.25, 0.3) is 0 Å². The molecule has 1 heterocycles. The maximum absolute atomic E-state index is 12.3. The van der Waals surface area contributed by atoms with Gasteiger partial charge < -0.3 is 4.74 Å². The van der Waals surface area contributed by atoms with E-state index in [0.717, 1.165) is 9.87 Å². The maximum atomic E-state index is 12.3. The number of rotatable bonds is 6. The number of hydrogen-bond acceptors (Lipinski definition) is 5. The smallest absolute Gasteiger partial charge is 0.306 e. The predicted octanol–water partition coefficient (Wildman–Crippen LogP) is 2.01. The lowest BCUT2D eigenvalue weighted by Gasteiger charge is -2.15. The fourth-order valence-electron chi connectivity index (χ4n) is 2.66. The molecule has 0 N–H and O–H groups in total. The normalized spacial score (nSPS) is 15.0. The fraction of sp³-hybridized carbons (Fsp3) is 0.222. The summed E-state index contributed by atoms with van der Waals surface area (Å²) in [7, 11) is -3.86. The van der Waals surface area contributed by atoms with Crippen molar-refractivity contribution in [2.75, 3.05) is 13.2 Å². The molecule has 130 valence electrons. The maximum Gasteiger partial charge on any atom is 0.306 e. The third-order valence-corrected chi connectivity index (χ3v) is 5.77. The molecule has 2 aromatic rings. The summed E-state index contributed by atoms with van der Waals surface area (Å²) >= 11 is 0. The average molecular weight is 359 g/mol.